The first-order valence-electron chi connectivity index (χ1n) is 6.56. The smallest absolute Gasteiger partial charge is 0.128 e. The average Bonchev–Trinajstić information content (AvgIpc) is 2.45. The minimum absolute atomic E-state index is 0.340. The molecule has 21 heavy (non-hydrogen) atoms. The second-order valence-electron chi connectivity index (χ2n) is 4.58. The normalized spacial score (nSPS) is 9.86. The van der Waals surface area contributed by atoms with Crippen LogP contribution >= 0.6 is 11.6 Å². The third-order valence-corrected chi connectivity index (χ3v) is 2.85. The van der Waals surface area contributed by atoms with E-state index in [1.165, 1.54) is 12.1 Å². The van der Waals surface area contributed by atoms with Crippen molar-refractivity contribution >= 4 is 11.6 Å². The number of ether oxygens (including phenoxy) is 1. The number of hydrogen-bond donors (Lipinski definition) is 0. The van der Waals surface area contributed by atoms with Gasteiger partial charge in [0.2, 0.25) is 0 Å². The van der Waals surface area contributed by atoms with Crippen molar-refractivity contribution in [1.82, 2.24) is 4.98 Å². The standard InChI is InChI=1S/C17H15ClFNO/c1-13-6-15(11-20-10-13)12-21-17-8-14(4-2-3-5-18)7-16(19)9-17/h6-11H,3,5,12H2,1H3. The Morgan fingerprint density at radius 3 is 2.86 bits per heavy atom. The zero-order valence-corrected chi connectivity index (χ0v) is 12.5. The fourth-order valence-electron chi connectivity index (χ4n) is 1.79. The lowest BCUT2D eigenvalue weighted by Crippen LogP contribution is -1.97. The molecule has 0 bridgehead atoms. The van der Waals surface area contributed by atoms with Crippen LogP contribution < -0.4 is 4.74 Å². The lowest BCUT2D eigenvalue weighted by Gasteiger charge is -2.07. The molecule has 1 heterocycles. The highest BCUT2D eigenvalue weighted by Gasteiger charge is 2.02. The number of hydrogen-bond acceptors (Lipinski definition) is 2. The number of aryl methyl sites for hydroxylation is 1. The molecular formula is C17H15ClFNO. The molecule has 0 amide bonds. The number of alkyl halides is 1. The zero-order chi connectivity index (χ0) is 15.1. The van der Waals surface area contributed by atoms with Gasteiger partial charge in [-0.25, -0.2) is 4.39 Å². The van der Waals surface area contributed by atoms with E-state index in [1.54, 1.807) is 18.5 Å². The lowest BCUT2D eigenvalue weighted by atomic mass is 10.2. The van der Waals surface area contributed by atoms with Gasteiger partial charge in [0.05, 0.1) is 0 Å². The Kier molecular flexibility index (Phi) is 5.59. The topological polar surface area (TPSA) is 22.1 Å². The zero-order valence-electron chi connectivity index (χ0n) is 11.7. The molecule has 0 radical (unpaired) electrons. The van der Waals surface area contributed by atoms with Gasteiger partial charge in [0, 0.05) is 41.9 Å². The van der Waals surface area contributed by atoms with Crippen LogP contribution in [0.2, 0.25) is 0 Å². The van der Waals surface area contributed by atoms with Crippen molar-refractivity contribution in [3.8, 4) is 17.6 Å². The van der Waals surface area contributed by atoms with Crippen LogP contribution in [0.5, 0.6) is 5.75 Å². The molecule has 0 spiro atoms. The highest BCUT2D eigenvalue weighted by Crippen LogP contribution is 2.17. The third-order valence-electron chi connectivity index (χ3n) is 2.66. The van der Waals surface area contributed by atoms with E-state index in [9.17, 15) is 4.39 Å². The van der Waals surface area contributed by atoms with Gasteiger partial charge in [0.1, 0.15) is 18.2 Å². The molecule has 0 saturated carbocycles. The van der Waals surface area contributed by atoms with Crippen molar-refractivity contribution in [1.29, 1.82) is 0 Å². The van der Waals surface area contributed by atoms with Gasteiger partial charge in [-0.05, 0) is 30.7 Å². The molecule has 1 aromatic heterocycles. The monoisotopic (exact) mass is 303 g/mol. The van der Waals surface area contributed by atoms with Crippen LogP contribution in [0.4, 0.5) is 4.39 Å². The quantitative estimate of drug-likeness (QED) is 0.627. The Morgan fingerprint density at radius 2 is 2.10 bits per heavy atom. The van der Waals surface area contributed by atoms with Crippen LogP contribution in [0.1, 0.15) is 23.1 Å². The molecule has 1 aromatic carbocycles. The van der Waals surface area contributed by atoms with Gasteiger partial charge in [-0.15, -0.1) is 11.6 Å². The Morgan fingerprint density at radius 1 is 1.24 bits per heavy atom. The van der Waals surface area contributed by atoms with Crippen LogP contribution in [0.15, 0.2) is 36.7 Å². The number of halogens is 2. The predicted octanol–water partition coefficient (Wildman–Crippen LogP) is 4.09. The Labute approximate surface area is 128 Å². The van der Waals surface area contributed by atoms with Crippen molar-refractivity contribution < 1.29 is 9.13 Å². The van der Waals surface area contributed by atoms with E-state index >= 15 is 0 Å². The molecule has 2 nitrogen and oxygen atoms in total. The van der Waals surface area contributed by atoms with E-state index in [0.717, 1.165) is 11.1 Å². The molecule has 4 heteroatoms. The van der Waals surface area contributed by atoms with Gasteiger partial charge in [0.25, 0.3) is 0 Å². The van der Waals surface area contributed by atoms with E-state index < -0.39 is 0 Å². The first-order chi connectivity index (χ1) is 10.2. The van der Waals surface area contributed by atoms with Crippen LogP contribution in [0.3, 0.4) is 0 Å². The van der Waals surface area contributed by atoms with Crippen molar-refractivity contribution in [2.75, 3.05) is 5.88 Å². The average molecular weight is 304 g/mol. The third kappa shape index (κ3) is 5.09. The summed E-state index contributed by atoms with van der Waals surface area (Å²) in [5.74, 6) is 6.28. The first-order valence-corrected chi connectivity index (χ1v) is 7.09. The number of nitrogens with zero attached hydrogens (tertiary/aromatic N) is 1. The van der Waals surface area contributed by atoms with Crippen LogP contribution in [0.25, 0.3) is 0 Å². The highest BCUT2D eigenvalue weighted by atomic mass is 35.5. The maximum atomic E-state index is 13.5. The molecule has 0 atom stereocenters. The first kappa shape index (κ1) is 15.3. The predicted molar refractivity (Wildman–Crippen MR) is 81.9 cm³/mol. The Balaban J connectivity index is 2.08. The van der Waals surface area contributed by atoms with Crippen molar-refractivity contribution in [2.24, 2.45) is 0 Å². The minimum Gasteiger partial charge on any atom is -0.489 e. The molecule has 0 aliphatic heterocycles. The maximum absolute atomic E-state index is 13.5. The van der Waals surface area contributed by atoms with Crippen LogP contribution in [-0.4, -0.2) is 10.9 Å². The lowest BCUT2D eigenvalue weighted by molar-refractivity contribution is 0.304. The fourth-order valence-corrected chi connectivity index (χ4v) is 1.89. The van der Waals surface area contributed by atoms with E-state index in [4.69, 9.17) is 16.3 Å². The molecule has 0 aliphatic carbocycles. The Bertz CT molecular complexity index is 676. The molecule has 0 N–H and O–H groups in total. The van der Waals surface area contributed by atoms with Gasteiger partial charge >= 0.3 is 0 Å². The molecule has 108 valence electrons. The summed E-state index contributed by atoms with van der Waals surface area (Å²) in [6, 6.07) is 6.42. The summed E-state index contributed by atoms with van der Waals surface area (Å²) < 4.78 is 19.1. The number of aromatic nitrogens is 1. The van der Waals surface area contributed by atoms with Gasteiger partial charge in [-0.2, -0.15) is 0 Å². The molecule has 0 aliphatic rings. The highest BCUT2D eigenvalue weighted by molar-refractivity contribution is 6.18. The van der Waals surface area contributed by atoms with E-state index in [-0.39, 0.29) is 5.82 Å². The van der Waals surface area contributed by atoms with Gasteiger partial charge in [0.15, 0.2) is 0 Å². The summed E-state index contributed by atoms with van der Waals surface area (Å²) in [5.41, 5.74) is 2.58. The molecular weight excluding hydrogens is 289 g/mol. The summed E-state index contributed by atoms with van der Waals surface area (Å²) in [6.07, 6.45) is 4.08. The van der Waals surface area contributed by atoms with E-state index in [2.05, 4.69) is 16.8 Å². The van der Waals surface area contributed by atoms with Crippen molar-refractivity contribution in [3.63, 3.8) is 0 Å². The second-order valence-corrected chi connectivity index (χ2v) is 4.95. The second kappa shape index (κ2) is 7.66. The van der Waals surface area contributed by atoms with Crippen LogP contribution in [0, 0.1) is 24.6 Å². The number of rotatable bonds is 4. The molecule has 2 aromatic rings. The summed E-state index contributed by atoms with van der Waals surface area (Å²) in [7, 11) is 0. The fraction of sp³-hybridized carbons (Fsp3) is 0.235. The van der Waals surface area contributed by atoms with Crippen molar-refractivity contribution in [2.45, 2.75) is 20.0 Å². The summed E-state index contributed by atoms with van der Waals surface area (Å²) in [4.78, 5) is 4.09. The molecule has 0 fully saturated rings. The molecule has 0 unspecified atom stereocenters. The summed E-state index contributed by atoms with van der Waals surface area (Å²) in [5, 5.41) is 0. The maximum Gasteiger partial charge on any atom is 0.128 e. The largest absolute Gasteiger partial charge is 0.489 e. The number of pyridine rings is 1. The number of benzene rings is 1. The van der Waals surface area contributed by atoms with Gasteiger partial charge in [-0.3, -0.25) is 4.98 Å². The van der Waals surface area contributed by atoms with E-state index in [0.29, 0.717) is 30.2 Å². The molecule has 2 rings (SSSR count). The minimum atomic E-state index is -0.370. The molecule has 0 saturated heterocycles. The van der Waals surface area contributed by atoms with Gasteiger partial charge in [-0.1, -0.05) is 11.8 Å². The van der Waals surface area contributed by atoms with Crippen LogP contribution in [-0.2, 0) is 6.61 Å². The SMILES string of the molecule is Cc1cncc(COc2cc(F)cc(C#CCCCl)c2)c1. The Hall–Kier alpha value is -2.05. The van der Waals surface area contributed by atoms with Gasteiger partial charge < -0.3 is 4.74 Å². The van der Waals surface area contributed by atoms with E-state index in [1.807, 2.05) is 13.0 Å². The summed E-state index contributed by atoms with van der Waals surface area (Å²) in [6.45, 7) is 2.30. The van der Waals surface area contributed by atoms with Crippen molar-refractivity contribution in [3.05, 3.63) is 59.2 Å². The summed E-state index contributed by atoms with van der Waals surface area (Å²) >= 11 is 5.55.